The molecule has 0 saturated heterocycles. The van der Waals surface area contributed by atoms with E-state index in [9.17, 15) is 4.79 Å². The van der Waals surface area contributed by atoms with Crippen LogP contribution in [0.2, 0.25) is 0 Å². The molecule has 2 heterocycles. The molecule has 5 heteroatoms. The van der Waals surface area contributed by atoms with Crippen LogP contribution >= 0.6 is 0 Å². The summed E-state index contributed by atoms with van der Waals surface area (Å²) in [6, 6.07) is 11.2. The summed E-state index contributed by atoms with van der Waals surface area (Å²) in [6.45, 7) is 3.53. The van der Waals surface area contributed by atoms with E-state index in [2.05, 4.69) is 53.1 Å². The van der Waals surface area contributed by atoms with Crippen LogP contribution in [0.15, 0.2) is 36.7 Å². The van der Waals surface area contributed by atoms with Crippen LogP contribution in [0, 0.1) is 13.0 Å². The zero-order valence-corrected chi connectivity index (χ0v) is 11.2. The zero-order chi connectivity index (χ0) is 14.1. The second kappa shape index (κ2) is 4.85. The zero-order valence-electron chi connectivity index (χ0n) is 11.2. The first-order valence-corrected chi connectivity index (χ1v) is 6.44. The number of benzene rings is 1. The highest BCUT2D eigenvalue weighted by atomic mass is 16.1. The van der Waals surface area contributed by atoms with Gasteiger partial charge in [0.25, 0.3) is 5.91 Å². The number of nitrogens with zero attached hydrogens (tertiary/aromatic N) is 3. The molecule has 0 bridgehead atoms. The Bertz CT molecular complexity index is 769. The van der Waals surface area contributed by atoms with E-state index in [1.165, 1.54) is 16.5 Å². The maximum Gasteiger partial charge on any atom is 0.269 e. The summed E-state index contributed by atoms with van der Waals surface area (Å²) in [5.41, 5.74) is 7.78. The normalized spacial score (nSPS) is 11.1. The lowest BCUT2D eigenvalue weighted by Gasteiger charge is -2.06. The molecule has 101 valence electrons. The number of primary amides is 1. The molecule has 0 atom stereocenters. The minimum atomic E-state index is -0.550. The average molecular weight is 267 g/mol. The molecule has 0 aliphatic heterocycles. The number of fused-ring (bicyclic) bond motifs is 1. The molecule has 0 fully saturated rings. The number of aryl methyl sites for hydroxylation is 3. The minimum Gasteiger partial charge on any atom is -0.364 e. The standard InChI is InChI=1S/C15H15N4O/c1-11-2-3-14-12(10-11)4-6-18(14)8-9-19-7-5-13(17-19)15(16)20/h2-4,6-7,10H,8-9H2,1H3,(H2,16,20). The van der Waals surface area contributed by atoms with E-state index in [0.29, 0.717) is 6.54 Å². The van der Waals surface area contributed by atoms with Gasteiger partial charge in [0.1, 0.15) is 0 Å². The highest BCUT2D eigenvalue weighted by Crippen LogP contribution is 2.17. The van der Waals surface area contributed by atoms with Gasteiger partial charge in [0.05, 0.1) is 6.54 Å². The molecular weight excluding hydrogens is 252 g/mol. The Morgan fingerprint density at radius 3 is 2.95 bits per heavy atom. The molecule has 5 nitrogen and oxygen atoms in total. The van der Waals surface area contributed by atoms with E-state index in [0.717, 1.165) is 6.54 Å². The van der Waals surface area contributed by atoms with E-state index >= 15 is 0 Å². The average Bonchev–Trinajstić information content (AvgIpc) is 3.02. The van der Waals surface area contributed by atoms with Gasteiger partial charge >= 0.3 is 0 Å². The number of nitrogens with two attached hydrogens (primary N) is 1. The molecule has 2 N–H and O–H groups in total. The van der Waals surface area contributed by atoms with E-state index in [4.69, 9.17) is 5.73 Å². The fraction of sp³-hybridized carbons (Fsp3) is 0.200. The van der Waals surface area contributed by atoms with Gasteiger partial charge in [-0.2, -0.15) is 5.10 Å². The van der Waals surface area contributed by atoms with Crippen molar-refractivity contribution in [1.82, 2.24) is 14.3 Å². The maximum atomic E-state index is 11.0. The Labute approximate surface area is 116 Å². The topological polar surface area (TPSA) is 65.8 Å². The van der Waals surface area contributed by atoms with Crippen molar-refractivity contribution in [3.8, 4) is 0 Å². The lowest BCUT2D eigenvalue weighted by atomic mass is 10.2. The van der Waals surface area contributed by atoms with Gasteiger partial charge in [-0.1, -0.05) is 11.6 Å². The molecule has 3 aromatic rings. The van der Waals surface area contributed by atoms with Crippen LogP contribution in [0.4, 0.5) is 0 Å². The van der Waals surface area contributed by atoms with Crippen molar-refractivity contribution >= 4 is 16.8 Å². The Morgan fingerprint density at radius 2 is 2.20 bits per heavy atom. The third-order valence-electron chi connectivity index (χ3n) is 3.31. The van der Waals surface area contributed by atoms with E-state index in [1.807, 2.05) is 0 Å². The van der Waals surface area contributed by atoms with Gasteiger partial charge in [-0.25, -0.2) is 0 Å². The number of carbonyl (C=O) groups excluding carboxylic acids is 1. The van der Waals surface area contributed by atoms with Crippen molar-refractivity contribution in [3.63, 3.8) is 0 Å². The summed E-state index contributed by atoms with van der Waals surface area (Å²) in [5.74, 6) is -0.550. The Hall–Kier alpha value is -2.56. The predicted octanol–water partition coefficient (Wildman–Crippen LogP) is 1.75. The molecule has 3 rings (SSSR count). The Kier molecular flexibility index (Phi) is 3.02. The first kappa shape index (κ1) is 12.5. The van der Waals surface area contributed by atoms with Crippen LogP contribution < -0.4 is 5.73 Å². The molecule has 0 unspecified atom stereocenters. The van der Waals surface area contributed by atoms with Crippen LogP contribution in [-0.2, 0) is 13.1 Å². The largest absolute Gasteiger partial charge is 0.364 e. The van der Waals surface area contributed by atoms with Crippen molar-refractivity contribution in [3.05, 3.63) is 54.0 Å². The fourth-order valence-electron chi connectivity index (χ4n) is 2.28. The fourth-order valence-corrected chi connectivity index (χ4v) is 2.28. The quantitative estimate of drug-likeness (QED) is 0.782. The van der Waals surface area contributed by atoms with Crippen LogP contribution in [0.25, 0.3) is 10.9 Å². The van der Waals surface area contributed by atoms with Crippen LogP contribution in [0.1, 0.15) is 16.1 Å². The van der Waals surface area contributed by atoms with Crippen LogP contribution in [-0.4, -0.2) is 20.3 Å². The third-order valence-corrected chi connectivity index (χ3v) is 3.31. The molecule has 0 spiro atoms. The van der Waals surface area contributed by atoms with Gasteiger partial charge in [-0.15, -0.1) is 0 Å². The van der Waals surface area contributed by atoms with Crippen molar-refractivity contribution in [2.75, 3.05) is 0 Å². The number of amides is 1. The van der Waals surface area contributed by atoms with E-state index in [-0.39, 0.29) is 5.69 Å². The van der Waals surface area contributed by atoms with Gasteiger partial charge in [0.2, 0.25) is 0 Å². The summed E-state index contributed by atoms with van der Waals surface area (Å²) in [7, 11) is 0. The number of hydrogen-bond acceptors (Lipinski definition) is 2. The van der Waals surface area contributed by atoms with E-state index in [1.54, 1.807) is 10.9 Å². The first-order valence-electron chi connectivity index (χ1n) is 6.44. The van der Waals surface area contributed by atoms with Crippen molar-refractivity contribution in [2.45, 2.75) is 20.0 Å². The summed E-state index contributed by atoms with van der Waals surface area (Å²) < 4.78 is 3.85. The number of rotatable bonds is 4. The molecule has 0 aliphatic carbocycles. The lowest BCUT2D eigenvalue weighted by Crippen LogP contribution is -2.13. The minimum absolute atomic E-state index is 0.179. The molecule has 0 aliphatic rings. The molecular formula is C15H15N4O. The number of hydrogen-bond donors (Lipinski definition) is 1. The van der Waals surface area contributed by atoms with Crippen molar-refractivity contribution < 1.29 is 4.79 Å². The van der Waals surface area contributed by atoms with Crippen LogP contribution in [0.5, 0.6) is 0 Å². The smallest absolute Gasteiger partial charge is 0.269 e. The summed E-state index contributed by atoms with van der Waals surface area (Å²) in [4.78, 5) is 11.0. The SMILES string of the molecule is Cc1ccc2c(ccn2CCn2c[c]c(C(N)=O)n2)c1. The molecule has 1 amide bonds. The molecule has 2 aromatic heterocycles. The Morgan fingerprint density at radius 1 is 1.35 bits per heavy atom. The second-order valence-electron chi connectivity index (χ2n) is 4.82. The van der Waals surface area contributed by atoms with E-state index < -0.39 is 5.91 Å². The Balaban J connectivity index is 1.77. The number of carbonyl (C=O) groups is 1. The third kappa shape index (κ3) is 2.30. The van der Waals surface area contributed by atoms with Crippen molar-refractivity contribution in [2.24, 2.45) is 5.73 Å². The highest BCUT2D eigenvalue weighted by molar-refractivity contribution is 5.90. The summed E-state index contributed by atoms with van der Waals surface area (Å²) >= 11 is 0. The van der Waals surface area contributed by atoms with Crippen molar-refractivity contribution in [1.29, 1.82) is 0 Å². The highest BCUT2D eigenvalue weighted by Gasteiger charge is 2.06. The maximum absolute atomic E-state index is 11.0. The predicted molar refractivity (Wildman–Crippen MR) is 76.3 cm³/mol. The van der Waals surface area contributed by atoms with Gasteiger partial charge in [0, 0.05) is 30.5 Å². The molecule has 1 aromatic carbocycles. The molecule has 0 saturated carbocycles. The van der Waals surface area contributed by atoms with Crippen LogP contribution in [0.3, 0.4) is 0 Å². The second-order valence-corrected chi connectivity index (χ2v) is 4.82. The number of aromatic nitrogens is 3. The molecule has 20 heavy (non-hydrogen) atoms. The lowest BCUT2D eigenvalue weighted by molar-refractivity contribution is 0.0994. The van der Waals surface area contributed by atoms with Gasteiger partial charge in [-0.05, 0) is 30.5 Å². The summed E-state index contributed by atoms with van der Waals surface area (Å²) in [5, 5.41) is 5.31. The van der Waals surface area contributed by atoms with Gasteiger partial charge < -0.3 is 10.3 Å². The van der Waals surface area contributed by atoms with Gasteiger partial charge in [-0.3, -0.25) is 9.48 Å². The summed E-state index contributed by atoms with van der Waals surface area (Å²) in [6.07, 6.45) is 3.71. The first-order chi connectivity index (χ1) is 9.63. The van der Waals surface area contributed by atoms with Gasteiger partial charge in [0.15, 0.2) is 5.69 Å². The molecule has 1 radical (unpaired) electrons. The monoisotopic (exact) mass is 267 g/mol.